The van der Waals surface area contributed by atoms with E-state index in [1.807, 2.05) is 6.07 Å². The van der Waals surface area contributed by atoms with Crippen molar-refractivity contribution in [3.63, 3.8) is 0 Å². The third kappa shape index (κ3) is 3.93. The zero-order valence-electron chi connectivity index (χ0n) is 9.40. The molecule has 0 aliphatic heterocycles. The van der Waals surface area contributed by atoms with E-state index in [0.717, 1.165) is 12.5 Å². The molecular weight excluding hydrogens is 509 g/mol. The molecule has 0 aromatic heterocycles. The molecule has 0 unspecified atom stereocenters. The molecule has 0 atom stereocenters. The molecule has 3 nitrogen and oxygen atoms in total. The van der Waals surface area contributed by atoms with Crippen LogP contribution in [-0.2, 0) is 10.0 Å². The third-order valence-electron chi connectivity index (χ3n) is 2.30. The summed E-state index contributed by atoms with van der Waals surface area (Å²) in [6.45, 7) is 0. The largest absolute Gasteiger partial charge is 0.280 e. The number of nitrogens with one attached hydrogen (secondary N) is 1. The van der Waals surface area contributed by atoms with Gasteiger partial charge in [0.15, 0.2) is 0 Å². The maximum atomic E-state index is 12.2. The van der Waals surface area contributed by atoms with E-state index in [2.05, 4.69) is 59.2 Å². The summed E-state index contributed by atoms with van der Waals surface area (Å²) in [5, 5.41) is 0. The normalized spacial score (nSPS) is 11.3. The summed E-state index contributed by atoms with van der Waals surface area (Å²) >= 11 is 8.81. The predicted molar refractivity (Wildman–Crippen MR) is 91.8 cm³/mol. The van der Waals surface area contributed by atoms with Crippen LogP contribution in [0.5, 0.6) is 0 Å². The van der Waals surface area contributed by atoms with Crippen LogP contribution in [0.3, 0.4) is 0 Å². The summed E-state index contributed by atoms with van der Waals surface area (Å²) in [5.74, 6) is 0. The van der Waals surface area contributed by atoms with Crippen LogP contribution < -0.4 is 4.72 Å². The molecule has 0 heterocycles. The van der Waals surface area contributed by atoms with Gasteiger partial charge in [-0.25, -0.2) is 8.42 Å². The predicted octanol–water partition coefficient (Wildman–Crippen LogP) is 4.62. The van der Waals surface area contributed by atoms with E-state index in [1.54, 1.807) is 36.4 Å². The van der Waals surface area contributed by atoms with Crippen molar-refractivity contribution in [2.45, 2.75) is 4.90 Å². The minimum Gasteiger partial charge on any atom is -0.280 e. The second-order valence-electron chi connectivity index (χ2n) is 3.69. The Bertz CT molecular complexity index is 702. The maximum Gasteiger partial charge on any atom is 0.261 e. The maximum absolute atomic E-state index is 12.2. The Labute approximate surface area is 142 Å². The first-order valence-electron chi connectivity index (χ1n) is 5.12. The molecule has 100 valence electrons. The van der Waals surface area contributed by atoms with E-state index in [9.17, 15) is 8.42 Å². The Hall–Kier alpha value is -0.120. The van der Waals surface area contributed by atoms with Gasteiger partial charge in [0.1, 0.15) is 0 Å². The molecule has 0 aliphatic carbocycles. The number of rotatable bonds is 3. The highest BCUT2D eigenvalue weighted by Crippen LogP contribution is 2.25. The fourth-order valence-corrected chi connectivity index (χ4v) is 3.42. The molecule has 2 aromatic rings. The fourth-order valence-electron chi connectivity index (χ4n) is 1.39. The SMILES string of the molecule is O=S(=O)(Nc1ccc(I)c(Br)c1)c1ccc(Br)cc1. The Kier molecular flexibility index (Phi) is 4.91. The number of halogens is 3. The van der Waals surface area contributed by atoms with Gasteiger partial charge in [0.25, 0.3) is 10.0 Å². The van der Waals surface area contributed by atoms with Gasteiger partial charge in [-0.3, -0.25) is 4.72 Å². The molecule has 0 bridgehead atoms. The van der Waals surface area contributed by atoms with Gasteiger partial charge in [0.2, 0.25) is 0 Å². The minimum absolute atomic E-state index is 0.227. The summed E-state index contributed by atoms with van der Waals surface area (Å²) in [7, 11) is -3.55. The first-order chi connectivity index (χ1) is 8.88. The summed E-state index contributed by atoms with van der Waals surface area (Å²) in [6, 6.07) is 11.8. The molecule has 1 N–H and O–H groups in total. The molecule has 0 saturated carbocycles. The summed E-state index contributed by atoms with van der Waals surface area (Å²) in [5.41, 5.74) is 0.523. The smallest absolute Gasteiger partial charge is 0.261 e. The van der Waals surface area contributed by atoms with Gasteiger partial charge in [0, 0.05) is 12.5 Å². The number of hydrogen-bond donors (Lipinski definition) is 1. The van der Waals surface area contributed by atoms with Crippen molar-refractivity contribution in [2.24, 2.45) is 0 Å². The molecule has 0 spiro atoms. The number of sulfonamides is 1. The minimum atomic E-state index is -3.55. The van der Waals surface area contributed by atoms with Gasteiger partial charge < -0.3 is 0 Å². The number of benzene rings is 2. The summed E-state index contributed by atoms with van der Waals surface area (Å²) in [4.78, 5) is 0.227. The van der Waals surface area contributed by atoms with Crippen molar-refractivity contribution in [2.75, 3.05) is 4.72 Å². The topological polar surface area (TPSA) is 46.2 Å². The van der Waals surface area contributed by atoms with Gasteiger partial charge in [0.05, 0.1) is 10.6 Å². The van der Waals surface area contributed by atoms with Crippen LogP contribution in [-0.4, -0.2) is 8.42 Å². The number of anilines is 1. The van der Waals surface area contributed by atoms with Crippen molar-refractivity contribution < 1.29 is 8.42 Å². The summed E-state index contributed by atoms with van der Waals surface area (Å²) < 4.78 is 29.6. The van der Waals surface area contributed by atoms with Crippen molar-refractivity contribution in [3.8, 4) is 0 Å². The quantitative estimate of drug-likeness (QED) is 0.605. The van der Waals surface area contributed by atoms with E-state index >= 15 is 0 Å². The molecule has 0 radical (unpaired) electrons. The Morgan fingerprint density at radius 3 is 2.21 bits per heavy atom. The highest BCUT2D eigenvalue weighted by molar-refractivity contribution is 14.1. The van der Waals surface area contributed by atoms with Gasteiger partial charge >= 0.3 is 0 Å². The van der Waals surface area contributed by atoms with Crippen LogP contribution in [0.2, 0.25) is 0 Å². The Balaban J connectivity index is 2.30. The lowest BCUT2D eigenvalue weighted by molar-refractivity contribution is 0.601. The molecule has 0 fully saturated rings. The second-order valence-corrected chi connectivity index (χ2v) is 8.30. The lowest BCUT2D eigenvalue weighted by Crippen LogP contribution is -2.12. The van der Waals surface area contributed by atoms with Crippen LogP contribution in [0.4, 0.5) is 5.69 Å². The van der Waals surface area contributed by atoms with Crippen LogP contribution in [0.1, 0.15) is 0 Å². The first-order valence-corrected chi connectivity index (χ1v) is 9.27. The van der Waals surface area contributed by atoms with Crippen molar-refractivity contribution in [1.82, 2.24) is 0 Å². The lowest BCUT2D eigenvalue weighted by Gasteiger charge is -2.09. The second kappa shape index (κ2) is 6.11. The van der Waals surface area contributed by atoms with Crippen molar-refractivity contribution >= 4 is 70.2 Å². The molecule has 0 saturated heterocycles. The van der Waals surface area contributed by atoms with Crippen molar-refractivity contribution in [3.05, 3.63) is 55.0 Å². The zero-order chi connectivity index (χ0) is 14.0. The van der Waals surface area contributed by atoms with Gasteiger partial charge in [-0.05, 0) is 81.0 Å². The molecular formula is C12H8Br2INO2S. The lowest BCUT2D eigenvalue weighted by atomic mass is 10.3. The average Bonchev–Trinajstić information content (AvgIpc) is 2.34. The van der Waals surface area contributed by atoms with E-state index in [0.29, 0.717) is 5.69 Å². The van der Waals surface area contributed by atoms with Crippen LogP contribution in [0, 0.1) is 3.57 Å². The monoisotopic (exact) mass is 515 g/mol. The van der Waals surface area contributed by atoms with E-state index in [-0.39, 0.29) is 4.90 Å². The Morgan fingerprint density at radius 2 is 1.63 bits per heavy atom. The highest BCUT2D eigenvalue weighted by Gasteiger charge is 2.14. The molecule has 2 rings (SSSR count). The van der Waals surface area contributed by atoms with Gasteiger partial charge in [-0.1, -0.05) is 15.9 Å². The summed E-state index contributed by atoms with van der Waals surface area (Å²) in [6.07, 6.45) is 0. The van der Waals surface area contributed by atoms with Crippen LogP contribution >= 0.6 is 54.5 Å². The Morgan fingerprint density at radius 1 is 1.00 bits per heavy atom. The fraction of sp³-hybridized carbons (Fsp3) is 0. The molecule has 7 heteroatoms. The van der Waals surface area contributed by atoms with Gasteiger partial charge in [-0.15, -0.1) is 0 Å². The molecule has 2 aromatic carbocycles. The average molecular weight is 517 g/mol. The zero-order valence-corrected chi connectivity index (χ0v) is 15.5. The van der Waals surface area contributed by atoms with Crippen LogP contribution in [0.15, 0.2) is 56.3 Å². The van der Waals surface area contributed by atoms with Crippen LogP contribution in [0.25, 0.3) is 0 Å². The van der Waals surface area contributed by atoms with Crippen molar-refractivity contribution in [1.29, 1.82) is 0 Å². The molecule has 0 aliphatic rings. The first kappa shape index (κ1) is 15.3. The standard InChI is InChI=1S/C12H8Br2INO2S/c13-8-1-4-10(5-2-8)19(17,18)16-9-3-6-12(15)11(14)7-9/h1-7,16H. The van der Waals surface area contributed by atoms with E-state index in [1.165, 1.54) is 0 Å². The number of hydrogen-bond acceptors (Lipinski definition) is 2. The molecule has 0 amide bonds. The third-order valence-corrected chi connectivity index (χ3v) is 6.56. The molecule has 19 heavy (non-hydrogen) atoms. The van der Waals surface area contributed by atoms with E-state index in [4.69, 9.17) is 0 Å². The highest BCUT2D eigenvalue weighted by atomic mass is 127. The van der Waals surface area contributed by atoms with E-state index < -0.39 is 10.0 Å². The van der Waals surface area contributed by atoms with Gasteiger partial charge in [-0.2, -0.15) is 0 Å².